The molecule has 0 aliphatic heterocycles. The van der Waals surface area contributed by atoms with E-state index in [9.17, 15) is 0 Å². The van der Waals surface area contributed by atoms with Crippen LogP contribution >= 0.6 is 0 Å². The maximum Gasteiger partial charge on any atom is 0.111 e. The van der Waals surface area contributed by atoms with Gasteiger partial charge in [0.2, 0.25) is 0 Å². The van der Waals surface area contributed by atoms with Gasteiger partial charge in [-0.1, -0.05) is 127 Å². The summed E-state index contributed by atoms with van der Waals surface area (Å²) in [5.41, 5.74) is 1.47. The molecule has 0 fully saturated rings. The maximum atomic E-state index is 2.39. The lowest BCUT2D eigenvalue weighted by atomic mass is 10.0. The highest BCUT2D eigenvalue weighted by Crippen LogP contribution is 2.25. The smallest absolute Gasteiger partial charge is 0.111 e. The molecular formula is C28H52ClN. The molecule has 176 valence electrons. The largest absolute Gasteiger partial charge is 1.00 e. The number of nitrogens with zero attached hydrogens (tertiary/aromatic N) is 1. The van der Waals surface area contributed by atoms with Crippen molar-refractivity contribution in [1.82, 2.24) is 0 Å². The minimum Gasteiger partial charge on any atom is -1.00 e. The fraction of sp³-hybridized carbons (Fsp3) is 0.786. The van der Waals surface area contributed by atoms with Crippen LogP contribution in [0.1, 0.15) is 128 Å². The third-order valence-electron chi connectivity index (χ3n) is 6.92. The van der Waals surface area contributed by atoms with E-state index in [1.165, 1.54) is 115 Å². The molecule has 0 aliphatic rings. The molecule has 0 aliphatic carbocycles. The van der Waals surface area contributed by atoms with Crippen molar-refractivity contribution in [3.05, 3.63) is 35.9 Å². The van der Waals surface area contributed by atoms with Crippen LogP contribution in [0.4, 0.5) is 0 Å². The van der Waals surface area contributed by atoms with Gasteiger partial charge in [0.15, 0.2) is 0 Å². The molecule has 1 aromatic carbocycles. The highest BCUT2D eigenvalue weighted by Gasteiger charge is 2.24. The fourth-order valence-corrected chi connectivity index (χ4v) is 4.40. The molecule has 0 heterocycles. The number of unbranched alkanes of at least 4 members (excludes halogenated alkanes) is 15. The van der Waals surface area contributed by atoms with E-state index in [4.69, 9.17) is 0 Å². The van der Waals surface area contributed by atoms with Crippen LogP contribution in [0.15, 0.2) is 30.3 Å². The summed E-state index contributed by atoms with van der Waals surface area (Å²) in [5, 5.41) is 0. The highest BCUT2D eigenvalue weighted by molar-refractivity contribution is 5.16. The second-order valence-corrected chi connectivity index (χ2v) is 9.89. The average Bonchev–Trinajstić information content (AvgIpc) is 2.73. The van der Waals surface area contributed by atoms with Gasteiger partial charge in [0.25, 0.3) is 0 Å². The summed E-state index contributed by atoms with van der Waals surface area (Å²) in [4.78, 5) is 0. The Bertz CT molecular complexity index is 471. The monoisotopic (exact) mass is 437 g/mol. The molecule has 0 spiro atoms. The van der Waals surface area contributed by atoms with E-state index in [1.807, 2.05) is 0 Å². The molecule has 0 bridgehead atoms. The molecule has 0 amide bonds. The van der Waals surface area contributed by atoms with Crippen molar-refractivity contribution in [1.29, 1.82) is 0 Å². The number of halogens is 1. The van der Waals surface area contributed by atoms with Gasteiger partial charge in [-0.3, -0.25) is 0 Å². The SMILES string of the molecule is CCCCCCCCCCCCCCCCCC[N+](C)(C)C(C)c1ccccc1.[Cl-]. The van der Waals surface area contributed by atoms with Gasteiger partial charge in [-0.05, 0) is 19.8 Å². The minimum absolute atomic E-state index is 0. The zero-order chi connectivity index (χ0) is 21.2. The molecule has 1 rings (SSSR count). The van der Waals surface area contributed by atoms with E-state index >= 15 is 0 Å². The summed E-state index contributed by atoms with van der Waals surface area (Å²) >= 11 is 0. The second-order valence-electron chi connectivity index (χ2n) is 9.89. The zero-order valence-corrected chi connectivity index (χ0v) is 21.6. The van der Waals surface area contributed by atoms with Gasteiger partial charge in [0, 0.05) is 5.56 Å². The van der Waals surface area contributed by atoms with Gasteiger partial charge < -0.3 is 16.9 Å². The van der Waals surface area contributed by atoms with Crippen molar-refractivity contribution < 1.29 is 16.9 Å². The van der Waals surface area contributed by atoms with Crippen LogP contribution in [0.5, 0.6) is 0 Å². The van der Waals surface area contributed by atoms with Gasteiger partial charge >= 0.3 is 0 Å². The van der Waals surface area contributed by atoms with Gasteiger partial charge in [0.1, 0.15) is 6.04 Å². The quantitative estimate of drug-likeness (QED) is 0.181. The van der Waals surface area contributed by atoms with Crippen molar-refractivity contribution in [3.63, 3.8) is 0 Å². The number of hydrogen-bond donors (Lipinski definition) is 0. The summed E-state index contributed by atoms with van der Waals surface area (Å²) < 4.78 is 1.10. The molecule has 0 saturated carbocycles. The number of quaternary nitrogens is 1. The second kappa shape index (κ2) is 19.2. The number of rotatable bonds is 19. The van der Waals surface area contributed by atoms with Crippen LogP contribution in [0, 0.1) is 0 Å². The van der Waals surface area contributed by atoms with E-state index in [0.717, 1.165) is 4.48 Å². The van der Waals surface area contributed by atoms with Crippen molar-refractivity contribution >= 4 is 0 Å². The first kappa shape index (κ1) is 29.5. The summed E-state index contributed by atoms with van der Waals surface area (Å²) in [7, 11) is 4.78. The molecule has 0 aromatic heterocycles. The standard InChI is InChI=1S/C28H52N.ClH/c1-5-6-7-8-9-10-11-12-13-14-15-16-17-18-19-23-26-29(3,4)27(2)28-24-21-20-22-25-28;/h20-22,24-25,27H,5-19,23,26H2,1-4H3;1H/q+1;/p-1. The van der Waals surface area contributed by atoms with Gasteiger partial charge in [-0.15, -0.1) is 0 Å². The fourth-order valence-electron chi connectivity index (χ4n) is 4.40. The third kappa shape index (κ3) is 14.5. The van der Waals surface area contributed by atoms with Crippen molar-refractivity contribution in [2.75, 3.05) is 20.6 Å². The maximum absolute atomic E-state index is 2.39. The lowest BCUT2D eigenvalue weighted by Crippen LogP contribution is -3.00. The summed E-state index contributed by atoms with van der Waals surface area (Å²) in [6, 6.07) is 11.6. The molecular weight excluding hydrogens is 386 g/mol. The normalized spacial score (nSPS) is 12.5. The highest BCUT2D eigenvalue weighted by atomic mass is 35.5. The van der Waals surface area contributed by atoms with Gasteiger partial charge in [0.05, 0.1) is 20.6 Å². The van der Waals surface area contributed by atoms with E-state index in [-0.39, 0.29) is 12.4 Å². The predicted octanol–water partition coefficient (Wildman–Crippen LogP) is 6.09. The molecule has 0 radical (unpaired) electrons. The zero-order valence-electron chi connectivity index (χ0n) is 20.8. The Balaban J connectivity index is 0.00000841. The number of hydrogen-bond acceptors (Lipinski definition) is 0. The van der Waals surface area contributed by atoms with Crippen LogP contribution in [-0.4, -0.2) is 25.1 Å². The predicted molar refractivity (Wildman–Crippen MR) is 131 cm³/mol. The number of benzene rings is 1. The first-order chi connectivity index (χ1) is 14.1. The summed E-state index contributed by atoms with van der Waals surface area (Å²) in [6.07, 6.45) is 23.1. The van der Waals surface area contributed by atoms with Gasteiger partial charge in [-0.25, -0.2) is 0 Å². The van der Waals surface area contributed by atoms with Crippen LogP contribution < -0.4 is 12.4 Å². The molecule has 2 heteroatoms. The van der Waals surface area contributed by atoms with Gasteiger partial charge in [-0.2, -0.15) is 0 Å². The summed E-state index contributed by atoms with van der Waals surface area (Å²) in [6.45, 7) is 5.96. The van der Waals surface area contributed by atoms with Crippen molar-refractivity contribution in [3.8, 4) is 0 Å². The Kier molecular flexibility index (Phi) is 18.8. The van der Waals surface area contributed by atoms with Crippen LogP contribution in [0.2, 0.25) is 0 Å². The molecule has 0 saturated heterocycles. The van der Waals surface area contributed by atoms with E-state index in [2.05, 4.69) is 58.3 Å². The Morgan fingerprint density at radius 2 is 0.967 bits per heavy atom. The molecule has 30 heavy (non-hydrogen) atoms. The molecule has 1 atom stereocenters. The molecule has 0 N–H and O–H groups in total. The lowest BCUT2D eigenvalue weighted by molar-refractivity contribution is -0.919. The first-order valence-electron chi connectivity index (χ1n) is 13.0. The van der Waals surface area contributed by atoms with Crippen molar-refractivity contribution in [2.45, 2.75) is 123 Å². The Morgan fingerprint density at radius 3 is 1.37 bits per heavy atom. The van der Waals surface area contributed by atoms with E-state index in [0.29, 0.717) is 6.04 Å². The minimum atomic E-state index is 0. The van der Waals surface area contributed by atoms with Crippen molar-refractivity contribution in [2.24, 2.45) is 0 Å². The Morgan fingerprint density at radius 1 is 0.600 bits per heavy atom. The Labute approximate surface area is 196 Å². The molecule has 1 unspecified atom stereocenters. The van der Waals surface area contributed by atoms with E-state index < -0.39 is 0 Å². The summed E-state index contributed by atoms with van der Waals surface area (Å²) in [5.74, 6) is 0. The van der Waals surface area contributed by atoms with Crippen LogP contribution in [-0.2, 0) is 0 Å². The lowest BCUT2D eigenvalue weighted by Gasteiger charge is -2.36. The van der Waals surface area contributed by atoms with E-state index in [1.54, 1.807) is 0 Å². The van der Waals surface area contributed by atoms with Crippen LogP contribution in [0.25, 0.3) is 0 Å². The van der Waals surface area contributed by atoms with Crippen LogP contribution in [0.3, 0.4) is 0 Å². The first-order valence-corrected chi connectivity index (χ1v) is 13.0. The third-order valence-corrected chi connectivity index (χ3v) is 6.92. The topological polar surface area (TPSA) is 0 Å². The molecule has 1 nitrogen and oxygen atoms in total. The average molecular weight is 438 g/mol. The molecule has 1 aromatic rings. The Hall–Kier alpha value is -0.530.